The third kappa shape index (κ3) is 4.16. The third-order valence-electron chi connectivity index (χ3n) is 6.54. The normalized spacial score (nSPS) is 20.5. The van der Waals surface area contributed by atoms with Crippen molar-refractivity contribution in [2.24, 2.45) is 5.41 Å². The number of ether oxygens (including phenoxy) is 1. The lowest BCUT2D eigenvalue weighted by Crippen LogP contribution is -2.32. The van der Waals surface area contributed by atoms with E-state index in [9.17, 15) is 4.79 Å². The molecule has 1 aromatic carbocycles. The van der Waals surface area contributed by atoms with Gasteiger partial charge < -0.3 is 9.64 Å². The van der Waals surface area contributed by atoms with E-state index in [1.807, 2.05) is 31.2 Å². The van der Waals surface area contributed by atoms with Crippen LogP contribution >= 0.6 is 0 Å². The molecule has 1 aliphatic carbocycles. The number of aromatic amines is 1. The Hall–Kier alpha value is -2.37. The van der Waals surface area contributed by atoms with Gasteiger partial charge in [0.05, 0.1) is 13.0 Å². The Morgan fingerprint density at radius 2 is 2.00 bits per heavy atom. The van der Waals surface area contributed by atoms with Gasteiger partial charge in [0.2, 0.25) is 5.91 Å². The van der Waals surface area contributed by atoms with E-state index in [2.05, 4.69) is 22.0 Å². The maximum absolute atomic E-state index is 13.1. The fourth-order valence-electron chi connectivity index (χ4n) is 5.07. The third-order valence-corrected chi connectivity index (χ3v) is 6.54. The highest BCUT2D eigenvalue weighted by Gasteiger charge is 2.51. The minimum absolute atomic E-state index is 0.153. The Balaban J connectivity index is 1.47. The number of carbonyl (C=O) groups is 1. The second kappa shape index (κ2) is 8.56. The lowest BCUT2D eigenvalue weighted by molar-refractivity contribution is -0.129. The molecule has 2 fully saturated rings. The van der Waals surface area contributed by atoms with Crippen molar-refractivity contribution < 1.29 is 9.53 Å². The van der Waals surface area contributed by atoms with E-state index < -0.39 is 0 Å². The molecule has 2 aromatic rings. The molecule has 2 heterocycles. The van der Waals surface area contributed by atoms with Crippen LogP contribution in [0.25, 0.3) is 0 Å². The minimum Gasteiger partial charge on any atom is -0.494 e. The maximum Gasteiger partial charge on any atom is 0.227 e. The Bertz CT molecular complexity index is 824. The predicted molar refractivity (Wildman–Crippen MR) is 112 cm³/mol. The summed E-state index contributed by atoms with van der Waals surface area (Å²) in [7, 11) is 0. The summed E-state index contributed by atoms with van der Waals surface area (Å²) in [6, 6.07) is 7.88. The van der Waals surface area contributed by atoms with Gasteiger partial charge in [0.25, 0.3) is 0 Å². The van der Waals surface area contributed by atoms with Crippen molar-refractivity contribution in [1.82, 2.24) is 20.1 Å². The number of hydrogen-bond acceptors (Lipinski definition) is 4. The molecule has 1 aliphatic heterocycles. The van der Waals surface area contributed by atoms with E-state index >= 15 is 0 Å². The number of hydrogen-bond donors (Lipinski definition) is 1. The molecule has 29 heavy (non-hydrogen) atoms. The molecular weight excluding hydrogens is 364 g/mol. The van der Waals surface area contributed by atoms with E-state index in [4.69, 9.17) is 9.72 Å². The Labute approximate surface area is 173 Å². The molecule has 1 saturated heterocycles. The summed E-state index contributed by atoms with van der Waals surface area (Å²) in [5.74, 6) is 3.17. The van der Waals surface area contributed by atoms with Crippen molar-refractivity contribution in [3.8, 4) is 5.75 Å². The average molecular weight is 397 g/mol. The molecule has 6 heteroatoms. The summed E-state index contributed by atoms with van der Waals surface area (Å²) in [4.78, 5) is 19.9. The second-order valence-corrected chi connectivity index (χ2v) is 8.54. The van der Waals surface area contributed by atoms with Crippen molar-refractivity contribution in [1.29, 1.82) is 0 Å². The van der Waals surface area contributed by atoms with Crippen LogP contribution in [-0.4, -0.2) is 45.7 Å². The molecule has 0 bridgehead atoms. The van der Waals surface area contributed by atoms with Gasteiger partial charge in [-0.3, -0.25) is 9.89 Å². The van der Waals surface area contributed by atoms with Crippen LogP contribution in [0.4, 0.5) is 0 Å². The number of nitrogens with one attached hydrogen (secondary N) is 1. The first-order chi connectivity index (χ1) is 14.1. The summed E-state index contributed by atoms with van der Waals surface area (Å²) in [6.07, 6.45) is 7.23. The molecule has 1 aromatic heterocycles. The highest BCUT2D eigenvalue weighted by Crippen LogP contribution is 2.52. The van der Waals surface area contributed by atoms with Crippen molar-refractivity contribution in [3.05, 3.63) is 41.5 Å². The fraction of sp³-hybridized carbons (Fsp3) is 0.609. The zero-order chi connectivity index (χ0) is 20.3. The smallest absolute Gasteiger partial charge is 0.227 e. The number of amides is 1. The lowest BCUT2D eigenvalue weighted by atomic mass is 9.76. The fourth-order valence-corrected chi connectivity index (χ4v) is 5.07. The standard InChI is InChI=1S/C23H32N4O2/c1-3-7-20-24-22(26-25-20)19-15-27(16-23(19)12-5-6-13-23)21(28)14-17-8-10-18(11-9-17)29-4-2/h8-11,19H,3-7,12-16H2,1-2H3,(H,24,25,26). The van der Waals surface area contributed by atoms with Crippen molar-refractivity contribution in [3.63, 3.8) is 0 Å². The zero-order valence-corrected chi connectivity index (χ0v) is 17.6. The molecule has 1 atom stereocenters. The summed E-state index contributed by atoms with van der Waals surface area (Å²) < 4.78 is 5.50. The topological polar surface area (TPSA) is 71.1 Å². The van der Waals surface area contributed by atoms with Gasteiger partial charge in [0, 0.05) is 25.4 Å². The molecular formula is C23H32N4O2. The van der Waals surface area contributed by atoms with Gasteiger partial charge in [0.15, 0.2) is 5.82 Å². The first-order valence-electron chi connectivity index (χ1n) is 11.0. The quantitative estimate of drug-likeness (QED) is 0.771. The average Bonchev–Trinajstić information content (AvgIpc) is 3.45. The van der Waals surface area contributed by atoms with Crippen LogP contribution in [0.5, 0.6) is 5.75 Å². The number of aromatic nitrogens is 3. The summed E-state index contributed by atoms with van der Waals surface area (Å²) in [5, 5.41) is 7.67. The number of H-pyrrole nitrogens is 1. The zero-order valence-electron chi connectivity index (χ0n) is 17.6. The van der Waals surface area contributed by atoms with Crippen LogP contribution in [-0.2, 0) is 17.6 Å². The molecule has 4 rings (SSSR count). The van der Waals surface area contributed by atoms with E-state index in [0.29, 0.717) is 13.0 Å². The second-order valence-electron chi connectivity index (χ2n) is 8.54. The highest BCUT2D eigenvalue weighted by atomic mass is 16.5. The number of nitrogens with zero attached hydrogens (tertiary/aromatic N) is 3. The van der Waals surface area contributed by atoms with Crippen molar-refractivity contribution in [2.45, 2.75) is 64.7 Å². The van der Waals surface area contributed by atoms with Crippen LogP contribution in [0.2, 0.25) is 0 Å². The van der Waals surface area contributed by atoms with Gasteiger partial charge in [-0.2, -0.15) is 5.10 Å². The van der Waals surface area contributed by atoms with Crippen LogP contribution in [0.15, 0.2) is 24.3 Å². The molecule has 1 amide bonds. The predicted octanol–water partition coefficient (Wildman–Crippen LogP) is 3.88. The Morgan fingerprint density at radius 1 is 1.24 bits per heavy atom. The highest BCUT2D eigenvalue weighted by molar-refractivity contribution is 5.79. The molecule has 1 saturated carbocycles. The summed E-state index contributed by atoms with van der Waals surface area (Å²) >= 11 is 0. The summed E-state index contributed by atoms with van der Waals surface area (Å²) in [6.45, 7) is 6.35. The lowest BCUT2D eigenvalue weighted by Gasteiger charge is -2.27. The number of carbonyl (C=O) groups excluding carboxylic acids is 1. The number of rotatable bonds is 7. The molecule has 1 unspecified atom stereocenters. The van der Waals surface area contributed by atoms with Gasteiger partial charge in [-0.25, -0.2) is 4.98 Å². The van der Waals surface area contributed by atoms with Crippen molar-refractivity contribution in [2.75, 3.05) is 19.7 Å². The van der Waals surface area contributed by atoms with Crippen molar-refractivity contribution >= 4 is 5.91 Å². The van der Waals surface area contributed by atoms with E-state index in [0.717, 1.165) is 48.9 Å². The van der Waals surface area contributed by atoms with E-state index in [1.165, 1.54) is 25.7 Å². The number of aryl methyl sites for hydroxylation is 1. The SMILES string of the molecule is CCCc1nc(C2CN(C(=O)Cc3ccc(OCC)cc3)CC23CCCC3)n[nH]1. The van der Waals surface area contributed by atoms with Gasteiger partial charge >= 0.3 is 0 Å². The molecule has 1 N–H and O–H groups in total. The molecule has 1 spiro atoms. The monoisotopic (exact) mass is 396 g/mol. The van der Waals surface area contributed by atoms with Gasteiger partial charge in [-0.05, 0) is 49.3 Å². The van der Waals surface area contributed by atoms with Crippen LogP contribution in [0.3, 0.4) is 0 Å². The first-order valence-corrected chi connectivity index (χ1v) is 11.0. The van der Waals surface area contributed by atoms with Crippen LogP contribution < -0.4 is 4.74 Å². The van der Waals surface area contributed by atoms with Crippen LogP contribution in [0, 0.1) is 5.41 Å². The van der Waals surface area contributed by atoms with Gasteiger partial charge in [-0.15, -0.1) is 0 Å². The Morgan fingerprint density at radius 3 is 2.69 bits per heavy atom. The molecule has 0 radical (unpaired) electrons. The minimum atomic E-state index is 0.153. The van der Waals surface area contributed by atoms with Gasteiger partial charge in [-0.1, -0.05) is 31.9 Å². The van der Waals surface area contributed by atoms with E-state index in [-0.39, 0.29) is 17.2 Å². The Kier molecular flexibility index (Phi) is 5.88. The molecule has 2 aliphatic rings. The largest absolute Gasteiger partial charge is 0.494 e. The molecule has 6 nitrogen and oxygen atoms in total. The summed E-state index contributed by atoms with van der Waals surface area (Å²) in [5.41, 5.74) is 1.19. The first kappa shape index (κ1) is 19.9. The number of likely N-dealkylation sites (tertiary alicyclic amines) is 1. The van der Waals surface area contributed by atoms with Gasteiger partial charge in [0.1, 0.15) is 11.6 Å². The van der Waals surface area contributed by atoms with Crippen LogP contribution in [0.1, 0.15) is 69.1 Å². The molecule has 156 valence electrons. The maximum atomic E-state index is 13.1. The number of benzene rings is 1. The van der Waals surface area contributed by atoms with E-state index in [1.54, 1.807) is 0 Å².